The molecule has 0 radical (unpaired) electrons. The summed E-state index contributed by atoms with van der Waals surface area (Å²) in [5, 5.41) is 14.3. The molecule has 2 rings (SSSR count). The number of rotatable bonds is 2. The van der Waals surface area contributed by atoms with Crippen molar-refractivity contribution in [1.29, 1.82) is 0 Å². The number of anilines is 1. The largest absolute Gasteiger partial charge is 0.504 e. The van der Waals surface area contributed by atoms with Crippen LogP contribution in [0, 0.1) is 13.8 Å². The number of aromatic nitrogens is 2. The van der Waals surface area contributed by atoms with Crippen molar-refractivity contribution in [3.63, 3.8) is 0 Å². The Morgan fingerprint density at radius 3 is 2.50 bits per heavy atom. The minimum absolute atomic E-state index is 0.169. The van der Waals surface area contributed by atoms with Crippen LogP contribution in [0.5, 0.6) is 11.5 Å². The predicted molar refractivity (Wildman–Crippen MR) is 70.7 cm³/mol. The summed E-state index contributed by atoms with van der Waals surface area (Å²) in [6, 6.07) is 3.69. The zero-order chi connectivity index (χ0) is 13.4. The first kappa shape index (κ1) is 12.3. The Morgan fingerprint density at radius 1 is 1.33 bits per heavy atom. The normalized spacial score (nSPS) is 10.7. The molecule has 1 heterocycles. The van der Waals surface area contributed by atoms with Gasteiger partial charge in [0.2, 0.25) is 0 Å². The lowest BCUT2D eigenvalue weighted by Crippen LogP contribution is -1.97. The Kier molecular flexibility index (Phi) is 2.90. The number of hydrogen-bond acceptors (Lipinski definition) is 4. The van der Waals surface area contributed by atoms with Crippen LogP contribution >= 0.6 is 0 Å². The number of phenols is 1. The summed E-state index contributed by atoms with van der Waals surface area (Å²) < 4.78 is 6.85. The van der Waals surface area contributed by atoms with E-state index in [0.717, 1.165) is 22.4 Å². The lowest BCUT2D eigenvalue weighted by molar-refractivity contribution is 0.369. The van der Waals surface area contributed by atoms with E-state index in [2.05, 4.69) is 5.10 Å². The number of nitrogens with two attached hydrogens (primary N) is 1. The third kappa shape index (κ3) is 1.77. The maximum absolute atomic E-state index is 9.93. The highest BCUT2D eigenvalue weighted by Gasteiger charge is 2.16. The van der Waals surface area contributed by atoms with Crippen LogP contribution in [0.1, 0.15) is 11.1 Å². The van der Waals surface area contributed by atoms with E-state index in [4.69, 9.17) is 10.5 Å². The van der Waals surface area contributed by atoms with Gasteiger partial charge in [-0.15, -0.1) is 0 Å². The molecule has 1 aromatic carbocycles. The molecule has 0 aliphatic rings. The fraction of sp³-hybridized carbons (Fsp3) is 0.308. The second kappa shape index (κ2) is 4.25. The number of methoxy groups -OCH3 is 1. The van der Waals surface area contributed by atoms with Crippen molar-refractivity contribution in [2.24, 2.45) is 7.05 Å². The van der Waals surface area contributed by atoms with Gasteiger partial charge in [0.15, 0.2) is 11.5 Å². The third-order valence-electron chi connectivity index (χ3n) is 3.09. The molecule has 0 amide bonds. The van der Waals surface area contributed by atoms with E-state index < -0.39 is 0 Å². The molecule has 0 spiro atoms. The summed E-state index contributed by atoms with van der Waals surface area (Å²) in [7, 11) is 3.33. The molecule has 0 aliphatic carbocycles. The minimum atomic E-state index is 0.169. The van der Waals surface area contributed by atoms with Crippen molar-refractivity contribution in [2.75, 3.05) is 12.8 Å². The second-order valence-electron chi connectivity index (χ2n) is 4.33. The fourth-order valence-corrected chi connectivity index (χ4v) is 2.00. The lowest BCUT2D eigenvalue weighted by atomic mass is 10.0. The Bertz CT molecular complexity index is 583. The zero-order valence-corrected chi connectivity index (χ0v) is 11.0. The van der Waals surface area contributed by atoms with Gasteiger partial charge in [0.25, 0.3) is 0 Å². The molecule has 0 atom stereocenters. The van der Waals surface area contributed by atoms with E-state index in [1.807, 2.05) is 19.9 Å². The van der Waals surface area contributed by atoms with Gasteiger partial charge in [0, 0.05) is 24.2 Å². The topological polar surface area (TPSA) is 73.3 Å². The highest BCUT2D eigenvalue weighted by Crippen LogP contribution is 2.39. The van der Waals surface area contributed by atoms with Gasteiger partial charge in [-0.3, -0.25) is 4.68 Å². The highest BCUT2D eigenvalue weighted by molar-refractivity contribution is 5.72. The van der Waals surface area contributed by atoms with E-state index in [1.54, 1.807) is 17.8 Å². The first-order valence-electron chi connectivity index (χ1n) is 5.62. The average molecular weight is 247 g/mol. The van der Waals surface area contributed by atoms with Crippen molar-refractivity contribution in [1.82, 2.24) is 9.78 Å². The Balaban J connectivity index is 2.68. The minimum Gasteiger partial charge on any atom is -0.504 e. The molecule has 0 bridgehead atoms. The standard InChI is InChI=1S/C13H17N3O2/c1-7-5-9(8(2)13(18-4)12(7)17)10-6-11(14)16(3)15-10/h5-6,17H,14H2,1-4H3. The van der Waals surface area contributed by atoms with Crippen molar-refractivity contribution >= 4 is 5.82 Å². The summed E-state index contributed by atoms with van der Waals surface area (Å²) in [6.45, 7) is 3.71. The third-order valence-corrected chi connectivity index (χ3v) is 3.09. The zero-order valence-electron chi connectivity index (χ0n) is 11.0. The van der Waals surface area contributed by atoms with Crippen molar-refractivity contribution in [3.05, 3.63) is 23.3 Å². The predicted octanol–water partition coefficient (Wildman–Crippen LogP) is 2.00. The number of benzene rings is 1. The molecule has 96 valence electrons. The smallest absolute Gasteiger partial charge is 0.164 e. The molecular weight excluding hydrogens is 230 g/mol. The monoisotopic (exact) mass is 247 g/mol. The first-order chi connectivity index (χ1) is 8.45. The molecular formula is C13H17N3O2. The quantitative estimate of drug-likeness (QED) is 0.851. The molecule has 18 heavy (non-hydrogen) atoms. The molecule has 0 aliphatic heterocycles. The van der Waals surface area contributed by atoms with Crippen LogP contribution in [0.25, 0.3) is 11.3 Å². The summed E-state index contributed by atoms with van der Waals surface area (Å²) in [4.78, 5) is 0. The lowest BCUT2D eigenvalue weighted by Gasteiger charge is -2.13. The van der Waals surface area contributed by atoms with E-state index >= 15 is 0 Å². The van der Waals surface area contributed by atoms with Crippen LogP contribution in [0.2, 0.25) is 0 Å². The van der Waals surface area contributed by atoms with Crippen LogP contribution in [0.15, 0.2) is 12.1 Å². The van der Waals surface area contributed by atoms with Crippen molar-refractivity contribution in [3.8, 4) is 22.8 Å². The van der Waals surface area contributed by atoms with Crippen LogP contribution in [-0.4, -0.2) is 22.0 Å². The Morgan fingerprint density at radius 2 is 2.00 bits per heavy atom. The van der Waals surface area contributed by atoms with Crippen molar-refractivity contribution in [2.45, 2.75) is 13.8 Å². The molecule has 0 fully saturated rings. The van der Waals surface area contributed by atoms with Gasteiger partial charge in [-0.25, -0.2) is 0 Å². The van der Waals surface area contributed by atoms with Crippen molar-refractivity contribution < 1.29 is 9.84 Å². The highest BCUT2D eigenvalue weighted by atomic mass is 16.5. The molecule has 3 N–H and O–H groups in total. The van der Waals surface area contributed by atoms with Gasteiger partial charge in [-0.05, 0) is 25.5 Å². The number of aryl methyl sites for hydroxylation is 2. The van der Waals surface area contributed by atoms with Gasteiger partial charge in [0.1, 0.15) is 5.82 Å². The van der Waals surface area contributed by atoms with Gasteiger partial charge in [0.05, 0.1) is 12.8 Å². The average Bonchev–Trinajstić information content (AvgIpc) is 2.65. The summed E-state index contributed by atoms with van der Waals surface area (Å²) >= 11 is 0. The molecule has 0 unspecified atom stereocenters. The number of nitrogen functional groups attached to an aromatic ring is 1. The maximum Gasteiger partial charge on any atom is 0.164 e. The first-order valence-corrected chi connectivity index (χ1v) is 5.62. The molecule has 5 heteroatoms. The van der Waals surface area contributed by atoms with E-state index in [1.165, 1.54) is 7.11 Å². The molecule has 2 aromatic rings. The van der Waals surface area contributed by atoms with Gasteiger partial charge < -0.3 is 15.6 Å². The van der Waals surface area contributed by atoms with E-state index in [-0.39, 0.29) is 5.75 Å². The van der Waals surface area contributed by atoms with Crippen LogP contribution in [-0.2, 0) is 7.05 Å². The summed E-state index contributed by atoms with van der Waals surface area (Å²) in [5.41, 5.74) is 9.06. The van der Waals surface area contributed by atoms with Crippen LogP contribution in [0.4, 0.5) is 5.82 Å². The summed E-state index contributed by atoms with van der Waals surface area (Å²) in [6.07, 6.45) is 0. The van der Waals surface area contributed by atoms with Gasteiger partial charge >= 0.3 is 0 Å². The fourth-order valence-electron chi connectivity index (χ4n) is 2.00. The van der Waals surface area contributed by atoms with E-state index in [0.29, 0.717) is 11.6 Å². The molecule has 0 saturated heterocycles. The number of hydrogen-bond donors (Lipinski definition) is 2. The molecule has 0 saturated carbocycles. The SMILES string of the molecule is COc1c(C)c(-c2cc(N)n(C)n2)cc(C)c1O. The van der Waals surface area contributed by atoms with Gasteiger partial charge in [-0.2, -0.15) is 5.10 Å². The number of ether oxygens (including phenoxy) is 1. The Labute approximate surface area is 106 Å². The van der Waals surface area contributed by atoms with Crippen LogP contribution in [0.3, 0.4) is 0 Å². The van der Waals surface area contributed by atoms with E-state index in [9.17, 15) is 5.11 Å². The number of aromatic hydroxyl groups is 1. The van der Waals surface area contributed by atoms with Crippen LogP contribution < -0.4 is 10.5 Å². The number of phenolic OH excluding ortho intramolecular Hbond substituents is 1. The Hall–Kier alpha value is -2.17. The molecule has 5 nitrogen and oxygen atoms in total. The number of nitrogens with zero attached hydrogens (tertiary/aromatic N) is 2. The maximum atomic E-state index is 9.93. The molecule has 1 aromatic heterocycles. The summed E-state index contributed by atoms with van der Waals surface area (Å²) in [5.74, 6) is 1.24. The van der Waals surface area contributed by atoms with Gasteiger partial charge in [-0.1, -0.05) is 0 Å². The second-order valence-corrected chi connectivity index (χ2v) is 4.33.